The molecule has 5 heteroatoms. The molecule has 0 saturated heterocycles. The third-order valence-electron chi connectivity index (χ3n) is 2.74. The lowest BCUT2D eigenvalue weighted by atomic mass is 10.1. The fourth-order valence-electron chi connectivity index (χ4n) is 1.75. The molecular formula is C14H13ClN2O2. The van der Waals surface area contributed by atoms with Gasteiger partial charge in [0, 0.05) is 17.6 Å². The molecule has 2 aromatic carbocycles. The number of aryl methyl sites for hydroxylation is 1. The zero-order valence-electron chi connectivity index (χ0n) is 10.4. The lowest BCUT2D eigenvalue weighted by Gasteiger charge is -2.08. The van der Waals surface area contributed by atoms with Crippen LogP contribution in [-0.4, -0.2) is 4.92 Å². The minimum absolute atomic E-state index is 0.0829. The Morgan fingerprint density at radius 3 is 2.53 bits per heavy atom. The lowest BCUT2D eigenvalue weighted by molar-refractivity contribution is -0.384. The van der Waals surface area contributed by atoms with Gasteiger partial charge in [-0.2, -0.15) is 0 Å². The molecule has 19 heavy (non-hydrogen) atoms. The minimum atomic E-state index is -0.385. The molecule has 0 saturated carbocycles. The average Bonchev–Trinajstić information content (AvgIpc) is 2.38. The fraction of sp³-hybridized carbons (Fsp3) is 0.143. The minimum Gasteiger partial charge on any atom is -0.375 e. The van der Waals surface area contributed by atoms with Gasteiger partial charge in [0.2, 0.25) is 0 Å². The molecule has 0 aliphatic heterocycles. The summed E-state index contributed by atoms with van der Waals surface area (Å²) in [6, 6.07) is 12.4. The molecule has 0 radical (unpaired) electrons. The van der Waals surface area contributed by atoms with Crippen molar-refractivity contribution in [3.8, 4) is 0 Å². The summed E-state index contributed by atoms with van der Waals surface area (Å²) in [6.07, 6.45) is 0. The van der Waals surface area contributed by atoms with Gasteiger partial charge in [0.05, 0.1) is 4.92 Å². The van der Waals surface area contributed by atoms with Crippen LogP contribution in [0.5, 0.6) is 0 Å². The molecular weight excluding hydrogens is 264 g/mol. The van der Waals surface area contributed by atoms with E-state index in [1.165, 1.54) is 6.07 Å². The maximum Gasteiger partial charge on any atom is 0.292 e. The number of halogens is 1. The summed E-state index contributed by atoms with van der Waals surface area (Å²) in [5, 5.41) is 14.7. The van der Waals surface area contributed by atoms with Crippen molar-refractivity contribution in [1.82, 2.24) is 0 Å². The van der Waals surface area contributed by atoms with Crippen molar-refractivity contribution >= 4 is 23.0 Å². The zero-order chi connectivity index (χ0) is 13.8. The number of hydrogen-bond acceptors (Lipinski definition) is 3. The Kier molecular flexibility index (Phi) is 4.02. The molecule has 0 aliphatic rings. The summed E-state index contributed by atoms with van der Waals surface area (Å²) in [5.41, 5.74) is 2.60. The van der Waals surface area contributed by atoms with Crippen LogP contribution < -0.4 is 5.32 Å². The van der Waals surface area contributed by atoms with Crippen molar-refractivity contribution in [2.75, 3.05) is 5.32 Å². The maximum absolute atomic E-state index is 10.9. The quantitative estimate of drug-likeness (QED) is 0.673. The first-order valence-corrected chi connectivity index (χ1v) is 6.17. The van der Waals surface area contributed by atoms with Gasteiger partial charge >= 0.3 is 0 Å². The molecule has 98 valence electrons. The van der Waals surface area contributed by atoms with Gasteiger partial charge in [-0.25, -0.2) is 0 Å². The second-order valence-electron chi connectivity index (χ2n) is 4.26. The van der Waals surface area contributed by atoms with E-state index in [2.05, 4.69) is 5.32 Å². The van der Waals surface area contributed by atoms with Crippen molar-refractivity contribution in [3.63, 3.8) is 0 Å². The maximum atomic E-state index is 10.9. The number of nitro groups is 1. The number of hydrogen-bond donors (Lipinski definition) is 1. The molecule has 0 atom stereocenters. The highest BCUT2D eigenvalue weighted by Crippen LogP contribution is 2.25. The van der Waals surface area contributed by atoms with Gasteiger partial charge in [-0.3, -0.25) is 10.1 Å². The van der Waals surface area contributed by atoms with Crippen LogP contribution in [0.4, 0.5) is 11.4 Å². The van der Waals surface area contributed by atoms with Crippen molar-refractivity contribution in [2.24, 2.45) is 0 Å². The van der Waals surface area contributed by atoms with E-state index in [0.29, 0.717) is 17.3 Å². The first-order valence-electron chi connectivity index (χ1n) is 5.79. The van der Waals surface area contributed by atoms with Crippen LogP contribution in [0.1, 0.15) is 11.1 Å². The third kappa shape index (κ3) is 3.45. The van der Waals surface area contributed by atoms with Crippen LogP contribution in [0.15, 0.2) is 42.5 Å². The van der Waals surface area contributed by atoms with E-state index < -0.39 is 0 Å². The van der Waals surface area contributed by atoms with Crippen LogP contribution in [0.3, 0.4) is 0 Å². The van der Waals surface area contributed by atoms with Gasteiger partial charge in [0.15, 0.2) is 0 Å². The van der Waals surface area contributed by atoms with E-state index in [1.807, 2.05) is 19.1 Å². The second kappa shape index (κ2) is 5.71. The lowest BCUT2D eigenvalue weighted by Crippen LogP contribution is -2.02. The molecule has 1 N–H and O–H groups in total. The molecule has 0 fully saturated rings. The Balaban J connectivity index is 2.16. The van der Waals surface area contributed by atoms with Crippen LogP contribution in [0, 0.1) is 17.0 Å². The summed E-state index contributed by atoms with van der Waals surface area (Å²) < 4.78 is 0. The first-order chi connectivity index (χ1) is 9.06. The Hall–Kier alpha value is -2.07. The van der Waals surface area contributed by atoms with Crippen LogP contribution in [0.2, 0.25) is 5.02 Å². The highest BCUT2D eigenvalue weighted by molar-refractivity contribution is 6.30. The molecule has 0 bridgehead atoms. The van der Waals surface area contributed by atoms with E-state index in [-0.39, 0.29) is 10.6 Å². The normalized spacial score (nSPS) is 10.2. The molecule has 2 aromatic rings. The smallest absolute Gasteiger partial charge is 0.292 e. The van der Waals surface area contributed by atoms with Gasteiger partial charge in [0.25, 0.3) is 5.69 Å². The summed E-state index contributed by atoms with van der Waals surface area (Å²) in [6.45, 7) is 2.42. The van der Waals surface area contributed by atoms with Gasteiger partial charge in [0.1, 0.15) is 5.69 Å². The molecule has 0 amide bonds. The standard InChI is InChI=1S/C14H13ClN2O2/c1-10-2-7-14(17(18)19)13(8-10)16-9-11-3-5-12(15)6-4-11/h2-8,16H,9H2,1H3. The number of benzene rings is 2. The van der Waals surface area contributed by atoms with E-state index in [0.717, 1.165) is 11.1 Å². The number of nitrogens with one attached hydrogen (secondary N) is 1. The van der Waals surface area contributed by atoms with Crippen LogP contribution in [-0.2, 0) is 6.54 Å². The number of nitrogens with zero attached hydrogens (tertiary/aromatic N) is 1. The monoisotopic (exact) mass is 276 g/mol. The van der Waals surface area contributed by atoms with Gasteiger partial charge in [-0.1, -0.05) is 29.8 Å². The molecule has 0 spiro atoms. The van der Waals surface area contributed by atoms with E-state index in [9.17, 15) is 10.1 Å². The number of anilines is 1. The summed E-state index contributed by atoms with van der Waals surface area (Å²) in [7, 11) is 0. The highest BCUT2D eigenvalue weighted by Gasteiger charge is 2.12. The third-order valence-corrected chi connectivity index (χ3v) is 3.00. The van der Waals surface area contributed by atoms with Gasteiger partial charge in [-0.05, 0) is 36.2 Å². The van der Waals surface area contributed by atoms with Crippen LogP contribution >= 0.6 is 11.6 Å². The average molecular weight is 277 g/mol. The van der Waals surface area contributed by atoms with Crippen LogP contribution in [0.25, 0.3) is 0 Å². The van der Waals surface area contributed by atoms with Gasteiger partial charge in [-0.15, -0.1) is 0 Å². The topological polar surface area (TPSA) is 55.2 Å². The molecule has 0 heterocycles. The van der Waals surface area contributed by atoms with Crippen molar-refractivity contribution in [1.29, 1.82) is 0 Å². The predicted octanol–water partition coefficient (Wildman–Crippen LogP) is 4.17. The number of nitro benzene ring substituents is 1. The SMILES string of the molecule is Cc1ccc([N+](=O)[O-])c(NCc2ccc(Cl)cc2)c1. The fourth-order valence-corrected chi connectivity index (χ4v) is 1.88. The molecule has 0 aliphatic carbocycles. The number of rotatable bonds is 4. The van der Waals surface area contributed by atoms with Crippen molar-refractivity contribution in [2.45, 2.75) is 13.5 Å². The Labute approximate surface area is 116 Å². The van der Waals surface area contributed by atoms with Crippen molar-refractivity contribution in [3.05, 3.63) is 68.7 Å². The van der Waals surface area contributed by atoms with E-state index in [1.54, 1.807) is 24.3 Å². The molecule has 2 rings (SSSR count). The Bertz CT molecular complexity index is 597. The molecule has 0 aromatic heterocycles. The summed E-state index contributed by atoms with van der Waals surface area (Å²) in [5.74, 6) is 0. The van der Waals surface area contributed by atoms with E-state index >= 15 is 0 Å². The molecule has 0 unspecified atom stereocenters. The largest absolute Gasteiger partial charge is 0.375 e. The summed E-state index contributed by atoms with van der Waals surface area (Å²) in [4.78, 5) is 10.6. The Morgan fingerprint density at radius 2 is 1.89 bits per heavy atom. The Morgan fingerprint density at radius 1 is 1.21 bits per heavy atom. The highest BCUT2D eigenvalue weighted by atomic mass is 35.5. The van der Waals surface area contributed by atoms with E-state index in [4.69, 9.17) is 11.6 Å². The predicted molar refractivity (Wildman–Crippen MR) is 76.6 cm³/mol. The zero-order valence-corrected chi connectivity index (χ0v) is 11.1. The molecule has 4 nitrogen and oxygen atoms in total. The van der Waals surface area contributed by atoms with Crippen molar-refractivity contribution < 1.29 is 4.92 Å². The first kappa shape index (κ1) is 13.4. The summed E-state index contributed by atoms with van der Waals surface area (Å²) >= 11 is 5.81. The van der Waals surface area contributed by atoms with Gasteiger partial charge < -0.3 is 5.32 Å². The second-order valence-corrected chi connectivity index (χ2v) is 4.69.